The second-order valence-electron chi connectivity index (χ2n) is 1.03. The van der Waals surface area contributed by atoms with Crippen LogP contribution >= 0.6 is 11.6 Å². The zero-order chi connectivity index (χ0) is 5.86. The van der Waals surface area contributed by atoms with E-state index in [4.69, 9.17) is 17.0 Å². The first-order valence-corrected chi connectivity index (χ1v) is 2.08. The summed E-state index contributed by atoms with van der Waals surface area (Å²) in [5, 5.41) is 6.32. The van der Waals surface area contributed by atoms with Crippen molar-refractivity contribution in [3.63, 3.8) is 0 Å². The van der Waals surface area contributed by atoms with E-state index in [9.17, 15) is 4.39 Å². The molecule has 0 unspecified atom stereocenters. The highest BCUT2D eigenvalue weighted by Crippen LogP contribution is 2.05. The molecule has 3 heteroatoms. The van der Waals surface area contributed by atoms with Crippen LogP contribution in [0.5, 0.6) is 0 Å². The Morgan fingerprint density at radius 2 is 2.29 bits per heavy atom. The van der Waals surface area contributed by atoms with Crippen LogP contribution in [-0.2, 0) is 0 Å². The Hall–Kier alpha value is -0.370. The third-order valence-electron chi connectivity index (χ3n) is 0.456. The molecule has 1 nitrogen and oxygen atoms in total. The van der Waals surface area contributed by atoms with Crippen molar-refractivity contribution in [1.29, 1.82) is 5.41 Å². The maximum Gasteiger partial charge on any atom is 0.154 e. The van der Waals surface area contributed by atoms with Crippen molar-refractivity contribution in [2.75, 3.05) is 0 Å². The third kappa shape index (κ3) is 2.34. The average Bonchev–Trinajstić information content (AvgIpc) is 1.65. The van der Waals surface area contributed by atoms with Crippen LogP contribution in [0.15, 0.2) is 10.9 Å². The molecule has 40 valence electrons. The number of nitrogens with one attached hydrogen (secondary N) is 1. The third-order valence-corrected chi connectivity index (χ3v) is 0.636. The van der Waals surface area contributed by atoms with Gasteiger partial charge in [0.1, 0.15) is 0 Å². The van der Waals surface area contributed by atoms with Gasteiger partial charge in [-0.2, -0.15) is 0 Å². The summed E-state index contributed by atoms with van der Waals surface area (Å²) >= 11 is 5.08. The predicted molar refractivity (Wildman–Crippen MR) is 28.4 cm³/mol. The summed E-state index contributed by atoms with van der Waals surface area (Å²) in [5.41, 5.74) is 0. The van der Waals surface area contributed by atoms with Crippen LogP contribution in [0.25, 0.3) is 0 Å². The Morgan fingerprint density at radius 3 is 2.29 bits per heavy atom. The molecule has 0 radical (unpaired) electrons. The van der Waals surface area contributed by atoms with Gasteiger partial charge < -0.3 is 5.41 Å². The van der Waals surface area contributed by atoms with Crippen LogP contribution in [0.3, 0.4) is 0 Å². The van der Waals surface area contributed by atoms with E-state index < -0.39 is 5.83 Å². The van der Waals surface area contributed by atoms with Crippen LogP contribution < -0.4 is 0 Å². The minimum absolute atomic E-state index is 0.0231. The minimum Gasteiger partial charge on any atom is -0.306 e. The maximum absolute atomic E-state index is 11.8. The number of hydrogen-bond donors (Lipinski definition) is 1. The SMILES string of the molecule is C/C(Cl)=C(/F)C=N. The van der Waals surface area contributed by atoms with Crippen LogP contribution in [0.4, 0.5) is 4.39 Å². The summed E-state index contributed by atoms with van der Waals surface area (Å²) in [6, 6.07) is 0. The van der Waals surface area contributed by atoms with Crippen LogP contribution in [0, 0.1) is 5.41 Å². The van der Waals surface area contributed by atoms with Gasteiger partial charge in [-0.05, 0) is 6.92 Å². The molecule has 0 aromatic carbocycles. The normalized spacial score (nSPS) is 13.0. The first-order chi connectivity index (χ1) is 3.18. The predicted octanol–water partition coefficient (Wildman–Crippen LogP) is 2.08. The lowest BCUT2D eigenvalue weighted by Crippen LogP contribution is -1.72. The van der Waals surface area contributed by atoms with Gasteiger partial charge in [0.15, 0.2) is 5.83 Å². The smallest absolute Gasteiger partial charge is 0.154 e. The molecule has 0 aromatic rings. The molecule has 0 atom stereocenters. The first-order valence-electron chi connectivity index (χ1n) is 1.71. The zero-order valence-corrected chi connectivity index (χ0v) is 4.59. The average molecular weight is 122 g/mol. The second-order valence-corrected chi connectivity index (χ2v) is 1.59. The maximum atomic E-state index is 11.8. The van der Waals surface area contributed by atoms with Gasteiger partial charge in [0.25, 0.3) is 0 Å². The quantitative estimate of drug-likeness (QED) is 0.514. The van der Waals surface area contributed by atoms with Crippen molar-refractivity contribution in [2.24, 2.45) is 0 Å². The van der Waals surface area contributed by atoms with Crippen molar-refractivity contribution in [2.45, 2.75) is 6.92 Å². The van der Waals surface area contributed by atoms with Crippen LogP contribution in [0.2, 0.25) is 0 Å². The fourth-order valence-electron chi connectivity index (χ4n) is 0.0994. The van der Waals surface area contributed by atoms with Gasteiger partial charge in [0.2, 0.25) is 0 Å². The van der Waals surface area contributed by atoms with E-state index in [0.717, 1.165) is 0 Å². The molecule has 7 heavy (non-hydrogen) atoms. The molecule has 0 amide bonds. The fraction of sp³-hybridized carbons (Fsp3) is 0.250. The van der Waals surface area contributed by atoms with E-state index in [1.807, 2.05) is 0 Å². The summed E-state index contributed by atoms with van der Waals surface area (Å²) in [7, 11) is 0. The molecule has 0 spiro atoms. The number of rotatable bonds is 1. The van der Waals surface area contributed by atoms with Gasteiger partial charge in [-0.3, -0.25) is 0 Å². The van der Waals surface area contributed by atoms with E-state index in [1.54, 1.807) is 0 Å². The van der Waals surface area contributed by atoms with Crippen molar-refractivity contribution in [3.8, 4) is 0 Å². The highest BCUT2D eigenvalue weighted by atomic mass is 35.5. The Bertz CT molecular complexity index is 104. The number of hydrogen-bond acceptors (Lipinski definition) is 1. The van der Waals surface area contributed by atoms with Crippen molar-refractivity contribution >= 4 is 17.8 Å². The molecule has 0 aliphatic carbocycles. The number of allylic oxidation sites excluding steroid dienone is 2. The molecule has 0 aliphatic rings. The molecular weight excluding hydrogens is 117 g/mol. The molecule has 1 N–H and O–H groups in total. The fourth-order valence-corrected chi connectivity index (χ4v) is 0.154. The summed E-state index contributed by atoms with van der Waals surface area (Å²) in [6.07, 6.45) is 0.572. The van der Waals surface area contributed by atoms with E-state index in [0.29, 0.717) is 6.21 Å². The standard InChI is InChI=1S/C4H5ClFN/c1-3(5)4(6)2-7/h2,7H,1H3/b4-3-,7-2?. The van der Waals surface area contributed by atoms with Crippen molar-refractivity contribution in [1.82, 2.24) is 0 Å². The van der Waals surface area contributed by atoms with Crippen LogP contribution in [-0.4, -0.2) is 6.21 Å². The first kappa shape index (κ1) is 6.63. The van der Waals surface area contributed by atoms with Gasteiger partial charge in [0, 0.05) is 0 Å². The van der Waals surface area contributed by atoms with Gasteiger partial charge in [0.05, 0.1) is 11.2 Å². The van der Waals surface area contributed by atoms with Gasteiger partial charge in [-0.15, -0.1) is 0 Å². The number of halogens is 2. The van der Waals surface area contributed by atoms with Crippen molar-refractivity contribution < 1.29 is 4.39 Å². The molecule has 0 rings (SSSR count). The highest BCUT2D eigenvalue weighted by Gasteiger charge is 1.89. The summed E-state index contributed by atoms with van der Waals surface area (Å²) in [5.74, 6) is -0.679. The van der Waals surface area contributed by atoms with Gasteiger partial charge in [-0.1, -0.05) is 11.6 Å². The topological polar surface area (TPSA) is 23.9 Å². The van der Waals surface area contributed by atoms with Crippen molar-refractivity contribution in [3.05, 3.63) is 10.9 Å². The molecule has 0 heterocycles. The lowest BCUT2D eigenvalue weighted by atomic mass is 10.5. The second kappa shape index (κ2) is 2.75. The monoisotopic (exact) mass is 121 g/mol. The minimum atomic E-state index is -0.679. The Labute approximate surface area is 46.3 Å². The zero-order valence-electron chi connectivity index (χ0n) is 3.83. The molecule has 0 saturated heterocycles. The van der Waals surface area contributed by atoms with Crippen LogP contribution in [0.1, 0.15) is 6.92 Å². The summed E-state index contributed by atoms with van der Waals surface area (Å²) < 4.78 is 11.8. The molecule has 0 fully saturated rings. The molecule has 0 bridgehead atoms. The lowest BCUT2D eigenvalue weighted by Gasteiger charge is -1.81. The molecule has 0 saturated carbocycles. The summed E-state index contributed by atoms with van der Waals surface area (Å²) in [4.78, 5) is 0. The van der Waals surface area contributed by atoms with Gasteiger partial charge >= 0.3 is 0 Å². The molecule has 0 aromatic heterocycles. The van der Waals surface area contributed by atoms with E-state index in [1.165, 1.54) is 6.92 Å². The largest absolute Gasteiger partial charge is 0.306 e. The van der Waals surface area contributed by atoms with E-state index in [-0.39, 0.29) is 5.03 Å². The van der Waals surface area contributed by atoms with Gasteiger partial charge in [-0.25, -0.2) is 4.39 Å². The Balaban J connectivity index is 3.98. The lowest BCUT2D eigenvalue weighted by molar-refractivity contribution is 0.680. The van der Waals surface area contributed by atoms with E-state index in [2.05, 4.69) is 0 Å². The highest BCUT2D eigenvalue weighted by molar-refractivity contribution is 6.30. The summed E-state index contributed by atoms with van der Waals surface area (Å²) in [6.45, 7) is 1.39. The Kier molecular flexibility index (Phi) is 2.60. The van der Waals surface area contributed by atoms with E-state index >= 15 is 0 Å². The molecular formula is C4H5ClFN. The molecule has 0 aliphatic heterocycles. The Morgan fingerprint density at radius 1 is 1.86 bits per heavy atom.